The quantitative estimate of drug-likeness (QED) is 0.186. The molecule has 0 aliphatic heterocycles. The van der Waals surface area contributed by atoms with Gasteiger partial charge in [0.2, 0.25) is 5.13 Å². The van der Waals surface area contributed by atoms with Crippen LogP contribution < -0.4 is 14.9 Å². The Kier molecular flexibility index (Phi) is 6.71. The van der Waals surface area contributed by atoms with Crippen LogP contribution in [0.5, 0.6) is 11.5 Å². The number of carbonyl (C=O) groups is 1. The lowest BCUT2D eigenvalue weighted by Crippen LogP contribution is -2.10. The summed E-state index contributed by atoms with van der Waals surface area (Å²) in [5, 5.41) is 17.6. The summed E-state index contributed by atoms with van der Waals surface area (Å²) < 4.78 is 11.0. The number of ether oxygens (including phenoxy) is 2. The van der Waals surface area contributed by atoms with Crippen molar-refractivity contribution in [1.82, 2.24) is 4.98 Å². The normalized spacial score (nSPS) is 10.7. The number of hydrazone groups is 1. The van der Waals surface area contributed by atoms with Gasteiger partial charge in [0.05, 0.1) is 29.0 Å². The molecule has 154 valence electrons. The third kappa shape index (κ3) is 5.39. The van der Waals surface area contributed by atoms with Gasteiger partial charge in [0.1, 0.15) is 0 Å². The number of nitro groups is 1. The maximum Gasteiger partial charge on any atom is 0.343 e. The van der Waals surface area contributed by atoms with E-state index < -0.39 is 10.9 Å². The fraction of sp³-hybridized carbons (Fsp3) is 0.150. The molecular formula is C20H18N4O5S. The molecule has 10 heteroatoms. The van der Waals surface area contributed by atoms with Gasteiger partial charge in [-0.1, -0.05) is 6.07 Å². The molecule has 3 rings (SSSR count). The van der Waals surface area contributed by atoms with Crippen molar-refractivity contribution in [3.63, 3.8) is 0 Å². The van der Waals surface area contributed by atoms with E-state index in [1.54, 1.807) is 31.3 Å². The molecule has 30 heavy (non-hydrogen) atoms. The van der Waals surface area contributed by atoms with E-state index in [9.17, 15) is 14.9 Å². The van der Waals surface area contributed by atoms with Crippen molar-refractivity contribution >= 4 is 34.3 Å². The molecular weight excluding hydrogens is 408 g/mol. The molecule has 1 N–H and O–H groups in total. The molecule has 0 aliphatic carbocycles. The summed E-state index contributed by atoms with van der Waals surface area (Å²) in [7, 11) is 0. The molecule has 3 aromatic rings. The number of nitro benzene ring substituents is 1. The number of rotatable bonds is 8. The van der Waals surface area contributed by atoms with Gasteiger partial charge in [-0.25, -0.2) is 9.78 Å². The maximum absolute atomic E-state index is 12.4. The van der Waals surface area contributed by atoms with Crippen molar-refractivity contribution < 1.29 is 19.2 Å². The van der Waals surface area contributed by atoms with Crippen LogP contribution in [0, 0.1) is 17.0 Å². The van der Waals surface area contributed by atoms with Crippen LogP contribution >= 0.6 is 11.3 Å². The van der Waals surface area contributed by atoms with E-state index in [0.717, 1.165) is 17.3 Å². The standard InChI is InChI=1S/C20H18N4O5S/c1-3-28-18-9-14(11-21-23-20-22-13(2)12-30-20)7-8-17(18)29-19(25)15-5-4-6-16(10-15)24(26)27/h4-12H,3H2,1-2H3,(H,22,23)/b21-11-. The van der Waals surface area contributed by atoms with Crippen molar-refractivity contribution in [2.75, 3.05) is 12.0 Å². The van der Waals surface area contributed by atoms with Crippen molar-refractivity contribution in [1.29, 1.82) is 0 Å². The lowest BCUT2D eigenvalue weighted by molar-refractivity contribution is -0.384. The van der Waals surface area contributed by atoms with E-state index in [-0.39, 0.29) is 17.0 Å². The third-order valence-electron chi connectivity index (χ3n) is 3.76. The van der Waals surface area contributed by atoms with Crippen LogP contribution in [0.3, 0.4) is 0 Å². The first-order chi connectivity index (χ1) is 14.5. The number of hydrogen-bond acceptors (Lipinski definition) is 9. The van der Waals surface area contributed by atoms with Crippen molar-refractivity contribution in [3.8, 4) is 11.5 Å². The number of nitrogens with zero attached hydrogens (tertiary/aromatic N) is 3. The molecule has 0 aliphatic rings. The molecule has 1 heterocycles. The Morgan fingerprint density at radius 2 is 2.13 bits per heavy atom. The number of non-ortho nitro benzene ring substituents is 1. The van der Waals surface area contributed by atoms with Crippen LogP contribution in [0.25, 0.3) is 0 Å². The van der Waals surface area contributed by atoms with Crippen LogP contribution in [0.2, 0.25) is 0 Å². The number of thiazole rings is 1. The minimum absolute atomic E-state index is 0.0697. The average molecular weight is 426 g/mol. The molecule has 0 saturated heterocycles. The first kappa shape index (κ1) is 20.9. The predicted octanol–water partition coefficient (Wildman–Crippen LogP) is 4.42. The van der Waals surface area contributed by atoms with E-state index in [4.69, 9.17) is 9.47 Å². The summed E-state index contributed by atoms with van der Waals surface area (Å²) in [4.78, 5) is 27.0. The molecule has 0 saturated carbocycles. The summed E-state index contributed by atoms with van der Waals surface area (Å²) in [5.41, 5.74) is 4.35. The number of carbonyl (C=O) groups excluding carboxylic acids is 1. The fourth-order valence-electron chi connectivity index (χ4n) is 2.43. The Morgan fingerprint density at radius 3 is 2.83 bits per heavy atom. The van der Waals surface area contributed by atoms with E-state index >= 15 is 0 Å². The number of anilines is 1. The second-order valence-corrected chi connectivity index (χ2v) is 6.86. The third-order valence-corrected chi connectivity index (χ3v) is 4.62. The lowest BCUT2D eigenvalue weighted by atomic mass is 10.2. The van der Waals surface area contributed by atoms with Gasteiger partial charge in [-0.3, -0.25) is 15.5 Å². The largest absolute Gasteiger partial charge is 0.490 e. The Labute approximate surface area is 176 Å². The SMILES string of the molecule is CCOc1cc(/C=N\Nc2nc(C)cs2)ccc1OC(=O)c1cccc([N+](=O)[O-])c1. The molecule has 0 radical (unpaired) electrons. The molecule has 9 nitrogen and oxygen atoms in total. The van der Waals surface area contributed by atoms with Crippen molar-refractivity contribution in [2.24, 2.45) is 5.10 Å². The van der Waals surface area contributed by atoms with Gasteiger partial charge in [0.25, 0.3) is 5.69 Å². The van der Waals surface area contributed by atoms with E-state index in [1.165, 1.54) is 29.5 Å². The minimum atomic E-state index is -0.720. The van der Waals surface area contributed by atoms with Gasteiger partial charge in [-0.05, 0) is 43.7 Å². The van der Waals surface area contributed by atoms with Crippen LogP contribution in [0.1, 0.15) is 28.5 Å². The smallest absolute Gasteiger partial charge is 0.343 e. The summed E-state index contributed by atoms with van der Waals surface area (Å²) in [6, 6.07) is 10.3. The predicted molar refractivity (Wildman–Crippen MR) is 114 cm³/mol. The Morgan fingerprint density at radius 1 is 1.30 bits per heavy atom. The van der Waals surface area contributed by atoms with Crippen LogP contribution in [0.15, 0.2) is 52.9 Å². The molecule has 0 atom stereocenters. The van der Waals surface area contributed by atoms with Gasteiger partial charge in [-0.2, -0.15) is 5.10 Å². The molecule has 0 spiro atoms. The zero-order valence-corrected chi connectivity index (χ0v) is 17.0. The zero-order valence-electron chi connectivity index (χ0n) is 16.2. The van der Waals surface area contributed by atoms with E-state index in [0.29, 0.717) is 17.5 Å². The topological polar surface area (TPSA) is 116 Å². The summed E-state index contributed by atoms with van der Waals surface area (Å²) >= 11 is 1.45. The number of hydrogen-bond donors (Lipinski definition) is 1. The summed E-state index contributed by atoms with van der Waals surface area (Å²) in [6.07, 6.45) is 1.59. The Hall–Kier alpha value is -3.79. The lowest BCUT2D eigenvalue weighted by Gasteiger charge is -2.11. The molecule has 2 aromatic carbocycles. The highest BCUT2D eigenvalue weighted by atomic mass is 32.1. The zero-order chi connectivity index (χ0) is 21.5. The monoisotopic (exact) mass is 426 g/mol. The Balaban J connectivity index is 1.75. The van der Waals surface area contributed by atoms with Crippen LogP contribution in [-0.4, -0.2) is 28.7 Å². The average Bonchev–Trinajstić information content (AvgIpc) is 3.15. The second-order valence-electron chi connectivity index (χ2n) is 6.00. The first-order valence-corrected chi connectivity index (χ1v) is 9.79. The van der Waals surface area contributed by atoms with Gasteiger partial charge < -0.3 is 9.47 Å². The van der Waals surface area contributed by atoms with E-state index in [2.05, 4.69) is 15.5 Å². The number of nitrogens with one attached hydrogen (secondary N) is 1. The molecule has 0 bridgehead atoms. The van der Waals surface area contributed by atoms with Gasteiger partial charge in [-0.15, -0.1) is 11.3 Å². The van der Waals surface area contributed by atoms with Crippen molar-refractivity contribution in [3.05, 3.63) is 74.8 Å². The highest BCUT2D eigenvalue weighted by Crippen LogP contribution is 2.29. The fourth-order valence-corrected chi connectivity index (χ4v) is 3.07. The molecule has 0 unspecified atom stereocenters. The number of esters is 1. The van der Waals surface area contributed by atoms with Gasteiger partial charge >= 0.3 is 5.97 Å². The number of benzene rings is 2. The van der Waals surface area contributed by atoms with Crippen molar-refractivity contribution in [2.45, 2.75) is 13.8 Å². The number of aryl methyl sites for hydroxylation is 1. The van der Waals surface area contributed by atoms with Gasteiger partial charge in [0, 0.05) is 17.5 Å². The highest BCUT2D eigenvalue weighted by molar-refractivity contribution is 7.13. The first-order valence-electron chi connectivity index (χ1n) is 8.91. The molecule has 0 fully saturated rings. The molecule has 0 amide bonds. The minimum Gasteiger partial charge on any atom is -0.490 e. The summed E-state index contributed by atoms with van der Waals surface area (Å²) in [5.74, 6) is -0.166. The maximum atomic E-state index is 12.4. The molecule has 1 aromatic heterocycles. The van der Waals surface area contributed by atoms with Crippen LogP contribution in [0.4, 0.5) is 10.8 Å². The Bertz CT molecular complexity index is 1100. The number of aromatic nitrogens is 1. The summed E-state index contributed by atoms with van der Waals surface area (Å²) in [6.45, 7) is 4.06. The van der Waals surface area contributed by atoms with E-state index in [1.807, 2.05) is 12.3 Å². The second kappa shape index (κ2) is 9.61. The van der Waals surface area contributed by atoms with Crippen LogP contribution in [-0.2, 0) is 0 Å². The van der Waals surface area contributed by atoms with Gasteiger partial charge in [0.15, 0.2) is 11.5 Å². The highest BCUT2D eigenvalue weighted by Gasteiger charge is 2.16.